The molecule has 20 heavy (non-hydrogen) atoms. The second kappa shape index (κ2) is 8.50. The lowest BCUT2D eigenvalue weighted by Gasteiger charge is -2.21. The predicted molar refractivity (Wildman–Crippen MR) is 80.9 cm³/mol. The van der Waals surface area contributed by atoms with Crippen LogP contribution in [0, 0.1) is 0 Å². The number of pyridine rings is 1. The zero-order valence-corrected chi connectivity index (χ0v) is 12.6. The maximum Gasteiger partial charge on any atom is 0.188 e. The second-order valence-electron chi connectivity index (χ2n) is 5.06. The molecule has 1 aromatic rings. The van der Waals surface area contributed by atoms with Gasteiger partial charge in [-0.2, -0.15) is 0 Å². The van der Waals surface area contributed by atoms with Crippen LogP contribution in [-0.4, -0.2) is 59.6 Å². The quantitative estimate of drug-likeness (QED) is 0.321. The van der Waals surface area contributed by atoms with Crippen molar-refractivity contribution in [2.45, 2.75) is 19.9 Å². The molecule has 1 heterocycles. The average molecular weight is 279 g/mol. The fraction of sp³-hybridized carbons (Fsp3) is 0.571. The lowest BCUT2D eigenvalue weighted by molar-refractivity contribution is 0.259. The Bertz CT molecular complexity index is 433. The first kappa shape index (κ1) is 16.4. The zero-order valence-electron chi connectivity index (χ0n) is 12.6. The Labute approximate surface area is 120 Å². The van der Waals surface area contributed by atoms with Crippen LogP contribution in [0.15, 0.2) is 23.5 Å². The van der Waals surface area contributed by atoms with Gasteiger partial charge in [0.15, 0.2) is 5.84 Å². The molecule has 0 aliphatic carbocycles. The molecule has 0 radical (unpaired) electrons. The highest BCUT2D eigenvalue weighted by atomic mass is 16.4. The highest BCUT2D eigenvalue weighted by Gasteiger charge is 2.07. The number of rotatable bonds is 8. The number of amidine groups is 1. The van der Waals surface area contributed by atoms with E-state index in [4.69, 9.17) is 10.9 Å². The van der Waals surface area contributed by atoms with E-state index in [9.17, 15) is 0 Å². The lowest BCUT2D eigenvalue weighted by Crippen LogP contribution is -2.27. The van der Waals surface area contributed by atoms with Crippen molar-refractivity contribution < 1.29 is 5.21 Å². The third kappa shape index (κ3) is 5.54. The molecule has 0 aliphatic heterocycles. The smallest absolute Gasteiger partial charge is 0.188 e. The van der Waals surface area contributed by atoms with Gasteiger partial charge >= 0.3 is 0 Å². The monoisotopic (exact) mass is 279 g/mol. The maximum atomic E-state index is 8.68. The lowest BCUT2D eigenvalue weighted by atomic mass is 10.2. The topological polar surface area (TPSA) is 78.0 Å². The molecule has 3 N–H and O–H groups in total. The first-order valence-corrected chi connectivity index (χ1v) is 6.86. The molecular formula is C14H25N5O. The Kier molecular flexibility index (Phi) is 6.97. The third-order valence-corrected chi connectivity index (χ3v) is 3.13. The minimum Gasteiger partial charge on any atom is -0.409 e. The molecule has 1 aromatic heterocycles. The van der Waals surface area contributed by atoms with Crippen molar-refractivity contribution in [3.05, 3.63) is 29.6 Å². The summed E-state index contributed by atoms with van der Waals surface area (Å²) in [6.45, 7) is 6.13. The van der Waals surface area contributed by atoms with E-state index >= 15 is 0 Å². The average Bonchev–Trinajstić information content (AvgIpc) is 2.45. The molecule has 0 unspecified atom stereocenters. The minimum atomic E-state index is 0.0440. The Morgan fingerprint density at radius 2 is 2.15 bits per heavy atom. The van der Waals surface area contributed by atoms with E-state index in [1.54, 1.807) is 6.20 Å². The molecular weight excluding hydrogens is 254 g/mol. The van der Waals surface area contributed by atoms with Crippen LogP contribution in [-0.2, 0) is 6.54 Å². The van der Waals surface area contributed by atoms with Crippen LogP contribution in [0.4, 0.5) is 0 Å². The minimum absolute atomic E-state index is 0.0440. The first-order chi connectivity index (χ1) is 9.56. The largest absolute Gasteiger partial charge is 0.409 e. The van der Waals surface area contributed by atoms with Gasteiger partial charge in [-0.1, -0.05) is 12.1 Å². The molecule has 0 bridgehead atoms. The number of nitrogens with two attached hydrogens (primary N) is 1. The van der Waals surface area contributed by atoms with Gasteiger partial charge in [-0.15, -0.1) is 0 Å². The van der Waals surface area contributed by atoms with E-state index in [2.05, 4.69) is 41.0 Å². The van der Waals surface area contributed by atoms with Gasteiger partial charge in [-0.3, -0.25) is 9.88 Å². The SMILES string of the molecule is CCN(CCCN(C)C)Cc1ccnc(/C(N)=N/O)c1. The fourth-order valence-corrected chi connectivity index (χ4v) is 1.98. The summed E-state index contributed by atoms with van der Waals surface area (Å²) in [7, 11) is 4.17. The van der Waals surface area contributed by atoms with Crippen molar-refractivity contribution in [2.24, 2.45) is 10.9 Å². The van der Waals surface area contributed by atoms with Crippen molar-refractivity contribution in [3.63, 3.8) is 0 Å². The number of aromatic nitrogens is 1. The van der Waals surface area contributed by atoms with Crippen molar-refractivity contribution in [1.29, 1.82) is 0 Å². The van der Waals surface area contributed by atoms with Gasteiger partial charge < -0.3 is 15.8 Å². The summed E-state index contributed by atoms with van der Waals surface area (Å²) in [6, 6.07) is 3.83. The van der Waals surface area contributed by atoms with Gasteiger partial charge in [0, 0.05) is 12.7 Å². The van der Waals surface area contributed by atoms with E-state index in [1.807, 2.05) is 12.1 Å². The molecule has 1 rings (SSSR count). The summed E-state index contributed by atoms with van der Waals surface area (Å²) in [5, 5.41) is 11.7. The normalized spacial score (nSPS) is 12.3. The highest BCUT2D eigenvalue weighted by Crippen LogP contribution is 2.07. The molecule has 0 atom stereocenters. The molecule has 0 spiro atoms. The van der Waals surface area contributed by atoms with E-state index in [0.717, 1.165) is 38.2 Å². The van der Waals surface area contributed by atoms with Gasteiger partial charge in [-0.25, -0.2) is 0 Å². The van der Waals surface area contributed by atoms with Crippen LogP contribution >= 0.6 is 0 Å². The second-order valence-corrected chi connectivity index (χ2v) is 5.06. The van der Waals surface area contributed by atoms with Gasteiger partial charge in [0.2, 0.25) is 0 Å². The number of hydrogen-bond acceptors (Lipinski definition) is 5. The summed E-state index contributed by atoms with van der Waals surface area (Å²) >= 11 is 0. The van der Waals surface area contributed by atoms with E-state index in [-0.39, 0.29) is 5.84 Å². The summed E-state index contributed by atoms with van der Waals surface area (Å²) in [4.78, 5) is 8.65. The van der Waals surface area contributed by atoms with E-state index < -0.39 is 0 Å². The van der Waals surface area contributed by atoms with Crippen LogP contribution in [0.25, 0.3) is 0 Å². The Balaban J connectivity index is 2.61. The van der Waals surface area contributed by atoms with Crippen LogP contribution < -0.4 is 5.73 Å². The van der Waals surface area contributed by atoms with Gasteiger partial charge in [-0.05, 0) is 57.8 Å². The van der Waals surface area contributed by atoms with Crippen molar-refractivity contribution in [3.8, 4) is 0 Å². The van der Waals surface area contributed by atoms with Crippen molar-refractivity contribution in [2.75, 3.05) is 33.7 Å². The molecule has 6 heteroatoms. The zero-order chi connectivity index (χ0) is 15.0. The molecule has 0 saturated carbocycles. The predicted octanol–water partition coefficient (Wildman–Crippen LogP) is 0.950. The van der Waals surface area contributed by atoms with Crippen LogP contribution in [0.5, 0.6) is 0 Å². The number of oxime groups is 1. The van der Waals surface area contributed by atoms with E-state index in [1.165, 1.54) is 0 Å². The standard InChI is InChI=1S/C14H25N5O/c1-4-19(9-5-8-18(2)3)11-12-6-7-16-13(10-12)14(15)17-20/h6-7,10,20H,4-5,8-9,11H2,1-3H3,(H2,15,17). The summed E-state index contributed by atoms with van der Waals surface area (Å²) in [5.41, 5.74) is 7.19. The Morgan fingerprint density at radius 1 is 1.40 bits per heavy atom. The third-order valence-electron chi connectivity index (χ3n) is 3.13. The Morgan fingerprint density at radius 3 is 2.75 bits per heavy atom. The Hall–Kier alpha value is -1.66. The van der Waals surface area contributed by atoms with Gasteiger partial charge in [0.05, 0.1) is 0 Å². The summed E-state index contributed by atoms with van der Waals surface area (Å²) in [6.07, 6.45) is 2.83. The maximum absolute atomic E-state index is 8.68. The molecule has 112 valence electrons. The summed E-state index contributed by atoms with van der Waals surface area (Å²) < 4.78 is 0. The fourth-order valence-electron chi connectivity index (χ4n) is 1.98. The number of nitrogens with zero attached hydrogens (tertiary/aromatic N) is 4. The van der Waals surface area contributed by atoms with Gasteiger partial charge in [0.25, 0.3) is 0 Å². The molecule has 0 saturated heterocycles. The number of hydrogen-bond donors (Lipinski definition) is 2. The van der Waals surface area contributed by atoms with Crippen LogP contribution in [0.2, 0.25) is 0 Å². The molecule has 0 aromatic carbocycles. The van der Waals surface area contributed by atoms with Crippen molar-refractivity contribution in [1.82, 2.24) is 14.8 Å². The molecule has 0 amide bonds. The van der Waals surface area contributed by atoms with Gasteiger partial charge in [0.1, 0.15) is 5.69 Å². The molecule has 0 fully saturated rings. The molecule has 0 aliphatic rings. The van der Waals surface area contributed by atoms with Crippen molar-refractivity contribution >= 4 is 5.84 Å². The molecule has 6 nitrogen and oxygen atoms in total. The van der Waals surface area contributed by atoms with Crippen LogP contribution in [0.1, 0.15) is 24.6 Å². The highest BCUT2D eigenvalue weighted by molar-refractivity contribution is 5.95. The summed E-state index contributed by atoms with van der Waals surface area (Å²) in [5.74, 6) is 0.0440. The van der Waals surface area contributed by atoms with E-state index in [0.29, 0.717) is 5.69 Å². The van der Waals surface area contributed by atoms with Crippen LogP contribution in [0.3, 0.4) is 0 Å². The first-order valence-electron chi connectivity index (χ1n) is 6.86.